The van der Waals surface area contributed by atoms with E-state index in [1.54, 1.807) is 0 Å². The monoisotopic (exact) mass is 265 g/mol. The molecule has 0 aliphatic heterocycles. The van der Waals surface area contributed by atoms with Crippen LogP contribution in [0.3, 0.4) is 0 Å². The maximum atomic E-state index is 5.64. The summed E-state index contributed by atoms with van der Waals surface area (Å²) in [5.41, 5.74) is 22.0. The zero-order valence-electron chi connectivity index (χ0n) is 10.9. The number of guanidine groups is 2. The second-order valence-electron chi connectivity index (χ2n) is 4.68. The molecular weight excluding hydrogens is 250 g/mol. The van der Waals surface area contributed by atoms with Gasteiger partial charge in [-0.05, 0) is 40.8 Å². The van der Waals surface area contributed by atoms with Crippen molar-refractivity contribution >= 4 is 17.6 Å². The van der Waals surface area contributed by atoms with E-state index in [-0.39, 0.29) is 11.9 Å². The van der Waals surface area contributed by atoms with Crippen LogP contribution in [0.1, 0.15) is 11.1 Å². The Morgan fingerprint density at radius 1 is 0.900 bits per heavy atom. The predicted octanol–water partition coefficient (Wildman–Crippen LogP) is 1.48. The molecule has 5 heteroatoms. The maximum Gasteiger partial charge on any atom is 0.223 e. The predicted molar refractivity (Wildman–Crippen MR) is 81.8 cm³/mol. The lowest BCUT2D eigenvalue weighted by molar-refractivity contribution is 1.26. The summed E-state index contributed by atoms with van der Waals surface area (Å²) in [5, 5.41) is 0. The Balaban J connectivity index is 1.97. The minimum atomic E-state index is -0.0974. The molecule has 0 spiro atoms. The van der Waals surface area contributed by atoms with Gasteiger partial charge in [-0.2, -0.15) is 4.99 Å². The van der Waals surface area contributed by atoms with Crippen molar-refractivity contribution in [3.05, 3.63) is 53.6 Å². The average Bonchev–Trinajstić information content (AvgIpc) is 2.75. The normalized spacial score (nSPS) is 12.7. The summed E-state index contributed by atoms with van der Waals surface area (Å²) in [6, 6.07) is 14.4. The molecule has 0 atom stereocenters. The fourth-order valence-electron chi connectivity index (χ4n) is 2.49. The van der Waals surface area contributed by atoms with Crippen LogP contribution in [0.2, 0.25) is 0 Å². The van der Waals surface area contributed by atoms with Gasteiger partial charge in [-0.15, -0.1) is 0 Å². The highest BCUT2D eigenvalue weighted by atomic mass is 15.1. The van der Waals surface area contributed by atoms with Crippen LogP contribution >= 0.6 is 0 Å². The molecule has 3 rings (SSSR count). The number of fused-ring (bicyclic) bond motifs is 3. The van der Waals surface area contributed by atoms with Crippen LogP contribution < -0.4 is 17.2 Å². The molecule has 1 aliphatic carbocycles. The number of hydrogen-bond acceptors (Lipinski definition) is 1. The number of nitrogens with two attached hydrogens (primary N) is 3. The van der Waals surface area contributed by atoms with Crippen molar-refractivity contribution in [3.63, 3.8) is 0 Å². The van der Waals surface area contributed by atoms with Gasteiger partial charge in [0, 0.05) is 0 Å². The van der Waals surface area contributed by atoms with Gasteiger partial charge < -0.3 is 17.2 Å². The Morgan fingerprint density at radius 2 is 1.65 bits per heavy atom. The first-order chi connectivity index (χ1) is 9.63. The fraction of sp³-hybridized carbons (Fsp3) is 0.0667. The first-order valence-corrected chi connectivity index (χ1v) is 6.28. The van der Waals surface area contributed by atoms with Gasteiger partial charge in [0.05, 0.1) is 5.69 Å². The second kappa shape index (κ2) is 4.70. The molecule has 1 aliphatic rings. The van der Waals surface area contributed by atoms with Crippen LogP contribution in [0.5, 0.6) is 0 Å². The summed E-state index contributed by atoms with van der Waals surface area (Å²) in [5.74, 6) is -0.0414. The van der Waals surface area contributed by atoms with Gasteiger partial charge in [0.15, 0.2) is 5.96 Å². The van der Waals surface area contributed by atoms with Crippen LogP contribution in [-0.4, -0.2) is 11.9 Å². The van der Waals surface area contributed by atoms with Crippen LogP contribution in [-0.2, 0) is 6.42 Å². The Kier molecular flexibility index (Phi) is 2.87. The number of rotatable bonds is 1. The highest BCUT2D eigenvalue weighted by Gasteiger charge is 2.17. The van der Waals surface area contributed by atoms with Crippen molar-refractivity contribution < 1.29 is 0 Å². The summed E-state index contributed by atoms with van der Waals surface area (Å²) in [7, 11) is 0. The van der Waals surface area contributed by atoms with E-state index in [0.717, 1.165) is 12.1 Å². The Morgan fingerprint density at radius 3 is 2.45 bits per heavy atom. The van der Waals surface area contributed by atoms with Gasteiger partial charge in [0.25, 0.3) is 0 Å². The average molecular weight is 265 g/mol. The minimum absolute atomic E-state index is 0.0560. The topological polar surface area (TPSA) is 103 Å². The Bertz CT molecular complexity index is 727. The molecule has 0 saturated carbocycles. The number of nitrogens with zero attached hydrogens (tertiary/aromatic N) is 2. The van der Waals surface area contributed by atoms with Gasteiger partial charge >= 0.3 is 0 Å². The molecule has 0 heterocycles. The molecular formula is C15H15N5. The van der Waals surface area contributed by atoms with E-state index in [0.29, 0.717) is 0 Å². The number of benzene rings is 2. The molecule has 0 aromatic heterocycles. The van der Waals surface area contributed by atoms with Crippen molar-refractivity contribution in [2.24, 2.45) is 27.2 Å². The SMILES string of the molecule is NC(N)=NC(N)=Nc1ccc2c(c1)Cc1ccccc1-2. The molecule has 0 fully saturated rings. The van der Waals surface area contributed by atoms with Crippen molar-refractivity contribution in [1.82, 2.24) is 0 Å². The molecule has 0 radical (unpaired) electrons. The van der Waals surface area contributed by atoms with Crippen LogP contribution in [0, 0.1) is 0 Å². The number of hydrogen-bond donors (Lipinski definition) is 3. The van der Waals surface area contributed by atoms with E-state index in [1.165, 1.54) is 22.3 Å². The third-order valence-corrected chi connectivity index (χ3v) is 3.26. The van der Waals surface area contributed by atoms with Crippen molar-refractivity contribution in [2.75, 3.05) is 0 Å². The second-order valence-corrected chi connectivity index (χ2v) is 4.68. The molecule has 6 N–H and O–H groups in total. The molecule has 100 valence electrons. The molecule has 5 nitrogen and oxygen atoms in total. The Hall–Kier alpha value is -2.82. The van der Waals surface area contributed by atoms with Gasteiger partial charge in [0.1, 0.15) is 0 Å². The van der Waals surface area contributed by atoms with Crippen LogP contribution in [0.4, 0.5) is 5.69 Å². The molecule has 2 aromatic rings. The van der Waals surface area contributed by atoms with E-state index in [9.17, 15) is 0 Å². The molecule has 0 unspecified atom stereocenters. The quantitative estimate of drug-likeness (QED) is 0.458. The van der Waals surface area contributed by atoms with E-state index in [2.05, 4.69) is 40.3 Å². The van der Waals surface area contributed by atoms with Crippen molar-refractivity contribution in [2.45, 2.75) is 6.42 Å². The Labute approximate surface area is 116 Å². The molecule has 2 aromatic carbocycles. The lowest BCUT2D eigenvalue weighted by atomic mass is 10.1. The summed E-state index contributed by atoms with van der Waals surface area (Å²) in [6.07, 6.45) is 0.914. The standard InChI is InChI=1S/C15H15N5/c16-14(17)20-15(18)19-11-5-6-13-10(8-11)7-9-3-1-2-4-12(9)13/h1-6,8H,7H2,(H6,16,17,18,19,20). The van der Waals surface area contributed by atoms with E-state index < -0.39 is 0 Å². The summed E-state index contributed by atoms with van der Waals surface area (Å²) >= 11 is 0. The highest BCUT2D eigenvalue weighted by molar-refractivity contribution is 5.93. The van der Waals surface area contributed by atoms with E-state index >= 15 is 0 Å². The van der Waals surface area contributed by atoms with Crippen molar-refractivity contribution in [1.29, 1.82) is 0 Å². The van der Waals surface area contributed by atoms with Gasteiger partial charge in [-0.1, -0.05) is 30.3 Å². The first-order valence-electron chi connectivity index (χ1n) is 6.28. The minimum Gasteiger partial charge on any atom is -0.370 e. The zero-order chi connectivity index (χ0) is 14.1. The van der Waals surface area contributed by atoms with E-state index in [4.69, 9.17) is 17.2 Å². The molecule has 0 saturated heterocycles. The summed E-state index contributed by atoms with van der Waals surface area (Å²) in [6.45, 7) is 0. The van der Waals surface area contributed by atoms with Gasteiger partial charge in [-0.3, -0.25) is 0 Å². The summed E-state index contributed by atoms with van der Waals surface area (Å²) in [4.78, 5) is 7.89. The lowest BCUT2D eigenvalue weighted by Crippen LogP contribution is -2.26. The summed E-state index contributed by atoms with van der Waals surface area (Å²) < 4.78 is 0. The smallest absolute Gasteiger partial charge is 0.223 e. The third kappa shape index (κ3) is 2.21. The molecule has 20 heavy (non-hydrogen) atoms. The van der Waals surface area contributed by atoms with E-state index in [1.807, 2.05) is 12.1 Å². The van der Waals surface area contributed by atoms with Gasteiger partial charge in [-0.25, -0.2) is 4.99 Å². The van der Waals surface area contributed by atoms with Gasteiger partial charge in [0.2, 0.25) is 5.96 Å². The first kappa shape index (κ1) is 12.2. The zero-order valence-corrected chi connectivity index (χ0v) is 10.9. The van der Waals surface area contributed by atoms with Crippen molar-refractivity contribution in [3.8, 4) is 11.1 Å². The molecule has 0 bridgehead atoms. The maximum absolute atomic E-state index is 5.64. The number of aliphatic imine (C=N–C) groups is 2. The largest absolute Gasteiger partial charge is 0.370 e. The molecule has 0 amide bonds. The van der Waals surface area contributed by atoms with Crippen LogP contribution in [0.15, 0.2) is 52.4 Å². The fourth-order valence-corrected chi connectivity index (χ4v) is 2.49. The third-order valence-electron chi connectivity index (χ3n) is 3.26. The lowest BCUT2D eigenvalue weighted by Gasteiger charge is -2.02. The highest BCUT2D eigenvalue weighted by Crippen LogP contribution is 2.37. The van der Waals surface area contributed by atoms with Crippen LogP contribution in [0.25, 0.3) is 11.1 Å².